The van der Waals surface area contributed by atoms with Crippen LogP contribution in [0.1, 0.15) is 42.4 Å². The lowest BCUT2D eigenvalue weighted by Gasteiger charge is -2.44. The Morgan fingerprint density at radius 3 is 2.62 bits per heavy atom. The number of aryl methyl sites for hydroxylation is 2. The van der Waals surface area contributed by atoms with Crippen molar-refractivity contribution >= 4 is 0 Å². The van der Waals surface area contributed by atoms with Crippen LogP contribution in [0.5, 0.6) is 0 Å². The van der Waals surface area contributed by atoms with Crippen LogP contribution in [-0.4, -0.2) is 60.3 Å². The quantitative estimate of drug-likeness (QED) is 0.919. The van der Waals surface area contributed by atoms with Gasteiger partial charge >= 0.3 is 0 Å². The van der Waals surface area contributed by atoms with Crippen LogP contribution in [0.4, 0.5) is 0 Å². The van der Waals surface area contributed by atoms with E-state index in [0.717, 1.165) is 45.6 Å². The molecule has 1 aromatic carbocycles. The number of aliphatic hydroxyl groups is 1. The second-order valence-electron chi connectivity index (χ2n) is 8.26. The Kier molecular flexibility index (Phi) is 5.63. The Morgan fingerprint density at radius 2 is 1.88 bits per heavy atom. The topological polar surface area (TPSA) is 26.7 Å². The Hall–Kier alpha value is -0.900. The third kappa shape index (κ3) is 4.19. The highest BCUT2D eigenvalue weighted by molar-refractivity contribution is 5.32. The van der Waals surface area contributed by atoms with Crippen LogP contribution in [0, 0.1) is 19.8 Å². The van der Waals surface area contributed by atoms with E-state index >= 15 is 0 Å². The zero-order valence-corrected chi connectivity index (χ0v) is 15.7. The highest BCUT2D eigenvalue weighted by Crippen LogP contribution is 2.37. The maximum Gasteiger partial charge on any atom is 0.0728 e. The summed E-state index contributed by atoms with van der Waals surface area (Å²) < 4.78 is 0. The summed E-state index contributed by atoms with van der Waals surface area (Å²) in [5, 5.41) is 11.5. The average Bonchev–Trinajstić information content (AvgIpc) is 2.55. The van der Waals surface area contributed by atoms with Crippen molar-refractivity contribution in [2.24, 2.45) is 5.92 Å². The molecular formula is C21H34N2O. The molecule has 0 spiro atoms. The molecule has 134 valence electrons. The first-order valence-corrected chi connectivity index (χ1v) is 9.66. The van der Waals surface area contributed by atoms with Crippen LogP contribution in [0.3, 0.4) is 0 Å². The molecule has 3 heteroatoms. The molecule has 1 heterocycles. The highest BCUT2D eigenvalue weighted by Gasteiger charge is 2.40. The van der Waals surface area contributed by atoms with Gasteiger partial charge in [0.2, 0.25) is 0 Å². The van der Waals surface area contributed by atoms with Crippen molar-refractivity contribution in [1.82, 2.24) is 9.80 Å². The third-order valence-corrected chi connectivity index (χ3v) is 6.25. The number of hydrogen-bond acceptors (Lipinski definition) is 3. The van der Waals surface area contributed by atoms with Crippen LogP contribution in [-0.2, 0) is 6.42 Å². The van der Waals surface area contributed by atoms with Crippen LogP contribution < -0.4 is 0 Å². The summed E-state index contributed by atoms with van der Waals surface area (Å²) in [7, 11) is 2.20. The van der Waals surface area contributed by atoms with Gasteiger partial charge in [0.1, 0.15) is 0 Å². The van der Waals surface area contributed by atoms with Crippen molar-refractivity contribution in [1.29, 1.82) is 0 Å². The molecule has 2 fully saturated rings. The first-order chi connectivity index (χ1) is 11.5. The molecule has 0 aromatic heterocycles. The van der Waals surface area contributed by atoms with Gasteiger partial charge < -0.3 is 14.9 Å². The van der Waals surface area contributed by atoms with Crippen molar-refractivity contribution in [3.63, 3.8) is 0 Å². The molecule has 3 rings (SSSR count). The van der Waals surface area contributed by atoms with Crippen LogP contribution in [0.15, 0.2) is 18.2 Å². The second kappa shape index (κ2) is 7.55. The maximum atomic E-state index is 11.5. The molecule has 2 aliphatic rings. The molecule has 0 radical (unpaired) electrons. The SMILES string of the molecule is Cc1ccc(C)c(CC2(O)CCCCC2CN2CCN(C)CC2)c1. The smallest absolute Gasteiger partial charge is 0.0728 e. The van der Waals surface area contributed by atoms with Crippen LogP contribution in [0.25, 0.3) is 0 Å². The maximum absolute atomic E-state index is 11.5. The Morgan fingerprint density at radius 1 is 1.12 bits per heavy atom. The minimum Gasteiger partial charge on any atom is -0.389 e. The number of rotatable bonds is 4. The molecule has 0 amide bonds. The highest BCUT2D eigenvalue weighted by atomic mass is 16.3. The molecule has 1 N–H and O–H groups in total. The van der Waals surface area contributed by atoms with Gasteiger partial charge in [-0.15, -0.1) is 0 Å². The predicted molar refractivity (Wildman–Crippen MR) is 100 cm³/mol. The van der Waals surface area contributed by atoms with Gasteiger partial charge in [-0.2, -0.15) is 0 Å². The van der Waals surface area contributed by atoms with Gasteiger partial charge in [0.05, 0.1) is 5.60 Å². The van der Waals surface area contributed by atoms with E-state index < -0.39 is 5.60 Å². The number of nitrogens with zero attached hydrogens (tertiary/aromatic N) is 2. The fraction of sp³-hybridized carbons (Fsp3) is 0.714. The normalized spacial score (nSPS) is 29.8. The monoisotopic (exact) mass is 330 g/mol. The molecule has 1 aromatic rings. The van der Waals surface area contributed by atoms with E-state index in [1.54, 1.807) is 0 Å². The molecule has 2 unspecified atom stereocenters. The first-order valence-electron chi connectivity index (χ1n) is 9.66. The minimum absolute atomic E-state index is 0.412. The van der Waals surface area contributed by atoms with Crippen molar-refractivity contribution in [3.8, 4) is 0 Å². The van der Waals surface area contributed by atoms with E-state index in [2.05, 4.69) is 48.9 Å². The number of benzene rings is 1. The molecule has 3 nitrogen and oxygen atoms in total. The zero-order chi connectivity index (χ0) is 17.2. The van der Waals surface area contributed by atoms with Gasteiger partial charge in [-0.05, 0) is 44.9 Å². The molecule has 1 saturated carbocycles. The summed E-state index contributed by atoms with van der Waals surface area (Å²) >= 11 is 0. The van der Waals surface area contributed by atoms with Crippen molar-refractivity contribution in [2.75, 3.05) is 39.8 Å². The van der Waals surface area contributed by atoms with Crippen LogP contribution >= 0.6 is 0 Å². The lowest BCUT2D eigenvalue weighted by atomic mass is 9.71. The number of piperazine rings is 1. The van der Waals surface area contributed by atoms with E-state index in [9.17, 15) is 5.11 Å². The van der Waals surface area contributed by atoms with Crippen molar-refractivity contribution in [2.45, 2.75) is 51.6 Å². The molecule has 24 heavy (non-hydrogen) atoms. The predicted octanol–water partition coefficient (Wildman–Crippen LogP) is 3.01. The molecule has 1 aliphatic carbocycles. The van der Waals surface area contributed by atoms with Gasteiger partial charge in [-0.25, -0.2) is 0 Å². The van der Waals surface area contributed by atoms with E-state index in [4.69, 9.17) is 0 Å². The van der Waals surface area contributed by atoms with Gasteiger partial charge in [0.25, 0.3) is 0 Å². The first kappa shape index (κ1) is 17.9. The summed E-state index contributed by atoms with van der Waals surface area (Å²) in [4.78, 5) is 4.98. The summed E-state index contributed by atoms with van der Waals surface area (Å²) in [6, 6.07) is 6.65. The number of likely N-dealkylation sites (N-methyl/N-ethyl adjacent to an activating group) is 1. The Balaban J connectivity index is 1.71. The second-order valence-corrected chi connectivity index (χ2v) is 8.26. The minimum atomic E-state index is -0.528. The standard InChI is InChI=1S/C21H34N2O/c1-17-7-8-18(2)19(14-17)15-21(24)9-5-4-6-20(21)16-23-12-10-22(3)11-13-23/h7-8,14,20,24H,4-6,9-13,15-16H2,1-3H3. The van der Waals surface area contributed by atoms with E-state index in [0.29, 0.717) is 5.92 Å². The summed E-state index contributed by atoms with van der Waals surface area (Å²) in [6.45, 7) is 9.99. The average molecular weight is 331 g/mol. The van der Waals surface area contributed by atoms with Gasteiger partial charge in [-0.3, -0.25) is 0 Å². The van der Waals surface area contributed by atoms with Crippen molar-refractivity contribution in [3.05, 3.63) is 34.9 Å². The van der Waals surface area contributed by atoms with Crippen molar-refractivity contribution < 1.29 is 5.11 Å². The van der Waals surface area contributed by atoms with Gasteiger partial charge in [0, 0.05) is 45.1 Å². The Bertz CT molecular complexity index is 551. The molecule has 1 aliphatic heterocycles. The van der Waals surface area contributed by atoms with E-state index in [-0.39, 0.29) is 0 Å². The van der Waals surface area contributed by atoms with Gasteiger partial charge in [-0.1, -0.05) is 36.6 Å². The fourth-order valence-electron chi connectivity index (χ4n) is 4.45. The fourth-order valence-corrected chi connectivity index (χ4v) is 4.45. The van der Waals surface area contributed by atoms with Crippen LogP contribution in [0.2, 0.25) is 0 Å². The largest absolute Gasteiger partial charge is 0.389 e. The third-order valence-electron chi connectivity index (χ3n) is 6.25. The number of hydrogen-bond donors (Lipinski definition) is 1. The van der Waals surface area contributed by atoms with Gasteiger partial charge in [0.15, 0.2) is 0 Å². The Labute approximate surface area is 147 Å². The summed E-state index contributed by atoms with van der Waals surface area (Å²) in [6.07, 6.45) is 5.39. The van der Waals surface area contributed by atoms with E-state index in [1.165, 1.54) is 36.0 Å². The van der Waals surface area contributed by atoms with E-state index in [1.807, 2.05) is 0 Å². The molecular weight excluding hydrogens is 296 g/mol. The molecule has 2 atom stereocenters. The lowest BCUT2D eigenvalue weighted by Crippen LogP contribution is -2.52. The summed E-state index contributed by atoms with van der Waals surface area (Å²) in [5.41, 5.74) is 3.42. The summed E-state index contributed by atoms with van der Waals surface area (Å²) in [5.74, 6) is 0.412. The lowest BCUT2D eigenvalue weighted by molar-refractivity contribution is -0.0621. The molecule has 1 saturated heterocycles. The zero-order valence-electron chi connectivity index (χ0n) is 15.7. The molecule has 0 bridgehead atoms.